The minimum atomic E-state index is -3.51. The van der Waals surface area contributed by atoms with Crippen LogP contribution in [0.2, 0.25) is 0 Å². The van der Waals surface area contributed by atoms with Crippen molar-refractivity contribution < 1.29 is 13.2 Å². The van der Waals surface area contributed by atoms with Crippen molar-refractivity contribution in [2.75, 3.05) is 37.7 Å². The fraction of sp³-hybridized carbons (Fsp3) is 0.286. The molecule has 0 unspecified atom stereocenters. The summed E-state index contributed by atoms with van der Waals surface area (Å²) >= 11 is 4.93. The van der Waals surface area contributed by atoms with E-state index in [1.807, 2.05) is 42.6 Å². The Hall–Kier alpha value is -1.94. The molecule has 158 valence electrons. The Morgan fingerprint density at radius 3 is 2.43 bits per heavy atom. The fourth-order valence-electron chi connectivity index (χ4n) is 3.34. The summed E-state index contributed by atoms with van der Waals surface area (Å²) in [5.74, 6) is 0.846. The molecule has 0 N–H and O–H groups in total. The van der Waals surface area contributed by atoms with Gasteiger partial charge in [0.15, 0.2) is 5.13 Å². The van der Waals surface area contributed by atoms with Crippen LogP contribution in [0.4, 0.5) is 5.13 Å². The number of thiazole rings is 1. The van der Waals surface area contributed by atoms with Gasteiger partial charge in [-0.05, 0) is 59.3 Å². The number of anilines is 1. The highest BCUT2D eigenvalue weighted by atomic mass is 79.9. The number of ether oxygens (including phenoxy) is 1. The minimum absolute atomic E-state index is 0.311. The van der Waals surface area contributed by atoms with Crippen molar-refractivity contribution in [1.29, 1.82) is 0 Å². The van der Waals surface area contributed by atoms with Gasteiger partial charge in [-0.1, -0.05) is 12.1 Å². The number of sulfonamides is 1. The third-order valence-electron chi connectivity index (χ3n) is 4.92. The third-order valence-corrected chi connectivity index (χ3v) is 8.73. The highest BCUT2D eigenvalue weighted by Crippen LogP contribution is 2.30. The lowest BCUT2D eigenvalue weighted by atomic mass is 10.2. The second-order valence-corrected chi connectivity index (χ2v) is 10.4. The lowest BCUT2D eigenvalue weighted by molar-refractivity contribution is 0.340. The number of piperazine rings is 1. The second-order valence-electron chi connectivity index (χ2n) is 6.79. The third kappa shape index (κ3) is 4.39. The Kier molecular flexibility index (Phi) is 6.43. The first-order valence-electron chi connectivity index (χ1n) is 9.67. The average molecular weight is 508 g/mol. The van der Waals surface area contributed by atoms with Crippen molar-refractivity contribution in [2.45, 2.75) is 11.8 Å². The molecule has 30 heavy (non-hydrogen) atoms. The number of hydrogen-bond acceptors (Lipinski definition) is 6. The molecule has 0 radical (unpaired) electrons. The molecule has 1 aromatic heterocycles. The van der Waals surface area contributed by atoms with Crippen LogP contribution in [0.25, 0.3) is 11.3 Å². The zero-order valence-electron chi connectivity index (χ0n) is 16.5. The number of aromatic nitrogens is 1. The Bertz CT molecular complexity index is 1110. The van der Waals surface area contributed by atoms with Gasteiger partial charge in [0.1, 0.15) is 5.75 Å². The number of halogens is 1. The lowest BCUT2D eigenvalue weighted by Gasteiger charge is -2.33. The molecule has 0 amide bonds. The summed E-state index contributed by atoms with van der Waals surface area (Å²) < 4.78 is 33.6. The van der Waals surface area contributed by atoms with E-state index in [0.717, 1.165) is 22.1 Å². The van der Waals surface area contributed by atoms with Gasteiger partial charge in [0.2, 0.25) is 10.0 Å². The van der Waals surface area contributed by atoms with Crippen LogP contribution in [0.3, 0.4) is 0 Å². The molecule has 3 aromatic rings. The second kappa shape index (κ2) is 9.05. The molecule has 4 rings (SSSR count). The Labute approximate surface area is 189 Å². The molecule has 1 fully saturated rings. The van der Waals surface area contributed by atoms with Gasteiger partial charge in [-0.2, -0.15) is 4.31 Å². The smallest absolute Gasteiger partial charge is 0.244 e. The summed E-state index contributed by atoms with van der Waals surface area (Å²) in [6.07, 6.45) is 0. The molecular formula is C21H22BrN3O3S2. The molecule has 2 heterocycles. The maximum atomic E-state index is 13.0. The van der Waals surface area contributed by atoms with Crippen LogP contribution >= 0.6 is 27.3 Å². The van der Waals surface area contributed by atoms with E-state index in [9.17, 15) is 8.42 Å². The van der Waals surface area contributed by atoms with Gasteiger partial charge >= 0.3 is 0 Å². The van der Waals surface area contributed by atoms with Crippen molar-refractivity contribution in [3.8, 4) is 17.0 Å². The summed E-state index contributed by atoms with van der Waals surface area (Å²) in [4.78, 5) is 7.23. The normalized spacial score (nSPS) is 15.3. The standard InChI is InChI=1S/C21H22BrN3O3S2/c1-2-28-17-9-7-16(8-10-17)19-15-29-21(23-19)24-11-13-25(14-12-24)30(26,27)20-6-4-3-5-18(20)22/h3-10,15H,2,11-14H2,1H3. The number of rotatable bonds is 6. The first-order chi connectivity index (χ1) is 14.5. The minimum Gasteiger partial charge on any atom is -0.494 e. The SMILES string of the molecule is CCOc1ccc(-c2csc(N3CCN(S(=O)(=O)c4ccccc4Br)CC3)n2)cc1. The molecule has 0 aliphatic carbocycles. The maximum absolute atomic E-state index is 13.0. The summed E-state index contributed by atoms with van der Waals surface area (Å²) in [5.41, 5.74) is 1.96. The molecule has 0 atom stereocenters. The number of benzene rings is 2. The Balaban J connectivity index is 1.43. The van der Waals surface area contributed by atoms with E-state index >= 15 is 0 Å². The van der Waals surface area contributed by atoms with Gasteiger partial charge in [-0.15, -0.1) is 11.3 Å². The zero-order valence-corrected chi connectivity index (χ0v) is 19.7. The summed E-state index contributed by atoms with van der Waals surface area (Å²) in [6.45, 7) is 4.69. The molecule has 0 bridgehead atoms. The molecule has 6 nitrogen and oxygen atoms in total. The monoisotopic (exact) mass is 507 g/mol. The van der Waals surface area contributed by atoms with Gasteiger partial charge in [-0.25, -0.2) is 13.4 Å². The van der Waals surface area contributed by atoms with E-state index in [1.54, 1.807) is 33.8 Å². The van der Waals surface area contributed by atoms with Gasteiger partial charge < -0.3 is 9.64 Å². The van der Waals surface area contributed by atoms with Crippen molar-refractivity contribution in [2.24, 2.45) is 0 Å². The first-order valence-corrected chi connectivity index (χ1v) is 12.8. The number of nitrogens with zero attached hydrogens (tertiary/aromatic N) is 3. The van der Waals surface area contributed by atoms with Crippen LogP contribution in [0.15, 0.2) is 63.3 Å². The molecule has 1 aliphatic heterocycles. The molecule has 2 aromatic carbocycles. The molecule has 0 saturated carbocycles. The summed E-state index contributed by atoms with van der Waals surface area (Å²) in [6, 6.07) is 14.8. The van der Waals surface area contributed by atoms with E-state index in [0.29, 0.717) is 42.2 Å². The van der Waals surface area contributed by atoms with Crippen LogP contribution in [-0.2, 0) is 10.0 Å². The average Bonchev–Trinajstić information content (AvgIpc) is 3.25. The molecule has 0 spiro atoms. The summed E-state index contributed by atoms with van der Waals surface area (Å²) in [7, 11) is -3.51. The highest BCUT2D eigenvalue weighted by Gasteiger charge is 2.30. The lowest BCUT2D eigenvalue weighted by Crippen LogP contribution is -2.48. The van der Waals surface area contributed by atoms with E-state index < -0.39 is 10.0 Å². The van der Waals surface area contributed by atoms with Crippen LogP contribution in [0, 0.1) is 0 Å². The zero-order chi connectivity index (χ0) is 21.1. The highest BCUT2D eigenvalue weighted by molar-refractivity contribution is 9.10. The van der Waals surface area contributed by atoms with Crippen molar-refractivity contribution in [3.63, 3.8) is 0 Å². The van der Waals surface area contributed by atoms with Gasteiger partial charge in [0.05, 0.1) is 17.2 Å². The maximum Gasteiger partial charge on any atom is 0.244 e. The van der Waals surface area contributed by atoms with Crippen LogP contribution < -0.4 is 9.64 Å². The van der Waals surface area contributed by atoms with Gasteiger partial charge in [-0.3, -0.25) is 0 Å². The molecular weight excluding hydrogens is 486 g/mol. The van der Waals surface area contributed by atoms with Crippen molar-refractivity contribution >= 4 is 42.4 Å². The quantitative estimate of drug-likeness (QED) is 0.492. The van der Waals surface area contributed by atoms with Gasteiger partial charge in [0.25, 0.3) is 0 Å². The summed E-state index contributed by atoms with van der Waals surface area (Å²) in [5, 5.41) is 2.95. The van der Waals surface area contributed by atoms with Crippen molar-refractivity contribution in [1.82, 2.24) is 9.29 Å². The van der Waals surface area contributed by atoms with E-state index in [1.165, 1.54) is 0 Å². The molecule has 1 aliphatic rings. The van der Waals surface area contributed by atoms with Gasteiger partial charge in [0, 0.05) is 41.6 Å². The fourth-order valence-corrected chi connectivity index (χ4v) is 6.62. The largest absolute Gasteiger partial charge is 0.494 e. The topological polar surface area (TPSA) is 62.7 Å². The number of hydrogen-bond donors (Lipinski definition) is 0. The van der Waals surface area contributed by atoms with Crippen LogP contribution in [0.5, 0.6) is 5.75 Å². The van der Waals surface area contributed by atoms with Crippen LogP contribution in [-0.4, -0.2) is 50.5 Å². The van der Waals surface area contributed by atoms with Crippen molar-refractivity contribution in [3.05, 3.63) is 58.4 Å². The van der Waals surface area contributed by atoms with E-state index in [-0.39, 0.29) is 0 Å². The van der Waals surface area contributed by atoms with Crippen LogP contribution in [0.1, 0.15) is 6.92 Å². The molecule has 1 saturated heterocycles. The molecule has 9 heteroatoms. The predicted octanol–water partition coefficient (Wildman–Crippen LogP) is 4.48. The predicted molar refractivity (Wildman–Crippen MR) is 124 cm³/mol. The van der Waals surface area contributed by atoms with E-state index in [2.05, 4.69) is 20.8 Å². The first kappa shape index (κ1) is 21.3. The van der Waals surface area contributed by atoms with E-state index in [4.69, 9.17) is 9.72 Å². The Morgan fingerprint density at radius 1 is 1.07 bits per heavy atom. The Morgan fingerprint density at radius 2 is 1.77 bits per heavy atom.